The zero-order valence-electron chi connectivity index (χ0n) is 11.1. The molecule has 0 aliphatic carbocycles. The molecule has 0 amide bonds. The summed E-state index contributed by atoms with van der Waals surface area (Å²) >= 11 is 0. The van der Waals surface area contributed by atoms with Gasteiger partial charge >= 0.3 is 0 Å². The molecular formula is C14H24N2. The number of pyridine rings is 1. The minimum atomic E-state index is 0.358. The molecule has 90 valence electrons. The van der Waals surface area contributed by atoms with Crippen LogP contribution in [-0.2, 0) is 0 Å². The molecule has 1 aromatic rings. The van der Waals surface area contributed by atoms with Crippen LogP contribution in [0.4, 0.5) is 0 Å². The molecule has 1 heterocycles. The van der Waals surface area contributed by atoms with E-state index in [0.717, 1.165) is 6.42 Å². The Bertz CT molecular complexity index is 320. The van der Waals surface area contributed by atoms with Crippen LogP contribution in [0.5, 0.6) is 0 Å². The van der Waals surface area contributed by atoms with E-state index in [2.05, 4.69) is 51.0 Å². The van der Waals surface area contributed by atoms with Crippen molar-refractivity contribution in [1.82, 2.24) is 10.3 Å². The predicted octanol–water partition coefficient (Wildman–Crippen LogP) is 3.48. The summed E-state index contributed by atoms with van der Waals surface area (Å²) in [4.78, 5) is 4.52. The Hall–Kier alpha value is -0.890. The fourth-order valence-electron chi connectivity index (χ4n) is 1.83. The smallest absolute Gasteiger partial charge is 0.0604 e. The van der Waals surface area contributed by atoms with E-state index in [9.17, 15) is 0 Å². The molecule has 0 bridgehead atoms. The van der Waals surface area contributed by atoms with Crippen LogP contribution < -0.4 is 5.32 Å². The molecule has 1 rings (SSSR count). The van der Waals surface area contributed by atoms with Crippen LogP contribution in [0.15, 0.2) is 18.3 Å². The maximum absolute atomic E-state index is 4.52. The van der Waals surface area contributed by atoms with Gasteiger partial charge in [0, 0.05) is 12.2 Å². The molecule has 0 spiro atoms. The number of nitrogens with zero attached hydrogens (tertiary/aromatic N) is 1. The van der Waals surface area contributed by atoms with Crippen LogP contribution >= 0.6 is 0 Å². The Morgan fingerprint density at radius 3 is 2.50 bits per heavy atom. The number of nitrogens with one attached hydrogen (secondary N) is 1. The monoisotopic (exact) mass is 220 g/mol. The van der Waals surface area contributed by atoms with Crippen molar-refractivity contribution in [1.29, 1.82) is 0 Å². The van der Waals surface area contributed by atoms with Crippen LogP contribution in [0.1, 0.15) is 51.4 Å². The van der Waals surface area contributed by atoms with Crippen molar-refractivity contribution < 1.29 is 0 Å². The summed E-state index contributed by atoms with van der Waals surface area (Å²) < 4.78 is 0. The lowest BCUT2D eigenvalue weighted by atomic mass is 9.96. The van der Waals surface area contributed by atoms with Gasteiger partial charge in [-0.3, -0.25) is 4.98 Å². The van der Waals surface area contributed by atoms with Crippen LogP contribution in [0, 0.1) is 12.8 Å². The molecule has 0 aromatic carbocycles. The summed E-state index contributed by atoms with van der Waals surface area (Å²) in [6, 6.07) is 5.03. The van der Waals surface area contributed by atoms with Gasteiger partial charge in [-0.1, -0.05) is 26.8 Å². The first kappa shape index (κ1) is 13.2. The summed E-state index contributed by atoms with van der Waals surface area (Å²) in [6.45, 7) is 11.1. The first-order valence-electron chi connectivity index (χ1n) is 6.23. The molecule has 0 saturated carbocycles. The summed E-state index contributed by atoms with van der Waals surface area (Å²) in [5.74, 6) is 0.558. The lowest BCUT2D eigenvalue weighted by Crippen LogP contribution is -2.34. The maximum atomic E-state index is 4.52. The predicted molar refractivity (Wildman–Crippen MR) is 69.4 cm³/mol. The van der Waals surface area contributed by atoms with Crippen molar-refractivity contribution in [2.24, 2.45) is 5.92 Å². The zero-order chi connectivity index (χ0) is 12.1. The van der Waals surface area contributed by atoms with Crippen LogP contribution in [0.2, 0.25) is 0 Å². The molecule has 2 atom stereocenters. The Kier molecular flexibility index (Phi) is 4.94. The average molecular weight is 220 g/mol. The Morgan fingerprint density at radius 2 is 2.00 bits per heavy atom. The highest BCUT2D eigenvalue weighted by atomic mass is 15.0. The van der Waals surface area contributed by atoms with Gasteiger partial charge in [-0.15, -0.1) is 0 Å². The second-order valence-corrected chi connectivity index (χ2v) is 4.90. The van der Waals surface area contributed by atoms with Crippen molar-refractivity contribution in [2.75, 3.05) is 0 Å². The van der Waals surface area contributed by atoms with E-state index in [-0.39, 0.29) is 0 Å². The molecule has 16 heavy (non-hydrogen) atoms. The molecule has 0 saturated heterocycles. The molecule has 0 aliphatic rings. The third-order valence-electron chi connectivity index (χ3n) is 3.09. The highest BCUT2D eigenvalue weighted by Gasteiger charge is 2.19. The minimum Gasteiger partial charge on any atom is -0.306 e. The number of hydrogen-bond donors (Lipinski definition) is 1. The molecule has 2 unspecified atom stereocenters. The van der Waals surface area contributed by atoms with Gasteiger partial charge in [0.15, 0.2) is 0 Å². The van der Waals surface area contributed by atoms with Crippen molar-refractivity contribution in [3.8, 4) is 0 Å². The molecule has 0 fully saturated rings. The Morgan fingerprint density at radius 1 is 1.31 bits per heavy atom. The van der Waals surface area contributed by atoms with Gasteiger partial charge in [-0.25, -0.2) is 0 Å². The van der Waals surface area contributed by atoms with E-state index in [1.165, 1.54) is 11.3 Å². The molecule has 0 radical (unpaired) electrons. The van der Waals surface area contributed by atoms with E-state index in [1.807, 2.05) is 12.3 Å². The SMILES string of the molecule is CCC(C)NC(c1ncccc1C)C(C)C. The molecule has 2 nitrogen and oxygen atoms in total. The van der Waals surface area contributed by atoms with E-state index < -0.39 is 0 Å². The number of aromatic nitrogens is 1. The van der Waals surface area contributed by atoms with Gasteiger partial charge < -0.3 is 5.32 Å². The van der Waals surface area contributed by atoms with Crippen LogP contribution in [-0.4, -0.2) is 11.0 Å². The van der Waals surface area contributed by atoms with Gasteiger partial charge in [0.1, 0.15) is 0 Å². The fourth-order valence-corrected chi connectivity index (χ4v) is 1.83. The second-order valence-electron chi connectivity index (χ2n) is 4.90. The van der Waals surface area contributed by atoms with Gasteiger partial charge in [0.2, 0.25) is 0 Å². The number of aryl methyl sites for hydroxylation is 1. The van der Waals surface area contributed by atoms with Crippen molar-refractivity contribution in [3.63, 3.8) is 0 Å². The van der Waals surface area contributed by atoms with Gasteiger partial charge in [0.05, 0.1) is 11.7 Å². The third kappa shape index (κ3) is 3.31. The Balaban J connectivity index is 2.90. The largest absolute Gasteiger partial charge is 0.306 e. The molecular weight excluding hydrogens is 196 g/mol. The summed E-state index contributed by atoms with van der Waals surface area (Å²) in [5.41, 5.74) is 2.47. The summed E-state index contributed by atoms with van der Waals surface area (Å²) in [5, 5.41) is 3.66. The molecule has 2 heteroatoms. The van der Waals surface area contributed by atoms with Gasteiger partial charge in [-0.2, -0.15) is 0 Å². The minimum absolute atomic E-state index is 0.358. The van der Waals surface area contributed by atoms with Gasteiger partial charge in [-0.05, 0) is 37.8 Å². The highest BCUT2D eigenvalue weighted by molar-refractivity contribution is 5.21. The van der Waals surface area contributed by atoms with E-state index in [0.29, 0.717) is 18.0 Å². The lowest BCUT2D eigenvalue weighted by Gasteiger charge is -2.26. The zero-order valence-corrected chi connectivity index (χ0v) is 11.1. The summed E-state index contributed by atoms with van der Waals surface area (Å²) in [6.07, 6.45) is 3.03. The topological polar surface area (TPSA) is 24.9 Å². The van der Waals surface area contributed by atoms with Crippen molar-refractivity contribution >= 4 is 0 Å². The number of hydrogen-bond acceptors (Lipinski definition) is 2. The number of rotatable bonds is 5. The molecule has 0 aliphatic heterocycles. The van der Waals surface area contributed by atoms with E-state index in [4.69, 9.17) is 0 Å². The molecule has 1 aromatic heterocycles. The third-order valence-corrected chi connectivity index (χ3v) is 3.09. The van der Waals surface area contributed by atoms with Gasteiger partial charge in [0.25, 0.3) is 0 Å². The van der Waals surface area contributed by atoms with E-state index >= 15 is 0 Å². The quantitative estimate of drug-likeness (QED) is 0.822. The second kappa shape index (κ2) is 6.00. The van der Waals surface area contributed by atoms with E-state index in [1.54, 1.807) is 0 Å². The Labute approximate surface area is 99.5 Å². The normalized spacial score (nSPS) is 15.1. The highest BCUT2D eigenvalue weighted by Crippen LogP contribution is 2.23. The standard InChI is InChI=1S/C14H24N2/c1-6-12(5)16-13(10(2)3)14-11(4)8-7-9-15-14/h7-10,12-13,16H,6H2,1-5H3. The first-order valence-corrected chi connectivity index (χ1v) is 6.23. The molecule has 1 N–H and O–H groups in total. The first-order chi connectivity index (χ1) is 7.56. The lowest BCUT2D eigenvalue weighted by molar-refractivity contribution is 0.357. The average Bonchev–Trinajstić information content (AvgIpc) is 2.26. The van der Waals surface area contributed by atoms with Crippen molar-refractivity contribution in [3.05, 3.63) is 29.6 Å². The van der Waals surface area contributed by atoms with Crippen LogP contribution in [0.25, 0.3) is 0 Å². The maximum Gasteiger partial charge on any atom is 0.0604 e. The van der Waals surface area contributed by atoms with Crippen molar-refractivity contribution in [2.45, 2.75) is 53.1 Å². The fraction of sp³-hybridized carbons (Fsp3) is 0.643. The summed E-state index contributed by atoms with van der Waals surface area (Å²) in [7, 11) is 0. The van der Waals surface area contributed by atoms with Crippen LogP contribution in [0.3, 0.4) is 0 Å².